The molecule has 1 aromatic rings. The Kier molecular flexibility index (Phi) is 3.93. The molecule has 2 heterocycles. The first kappa shape index (κ1) is 11.9. The maximum absolute atomic E-state index is 11.9. The van der Waals surface area contributed by atoms with Gasteiger partial charge in [-0.15, -0.1) is 0 Å². The van der Waals surface area contributed by atoms with E-state index in [1.165, 1.54) is 6.20 Å². The first-order valence-corrected chi connectivity index (χ1v) is 5.96. The van der Waals surface area contributed by atoms with E-state index in [2.05, 4.69) is 15.6 Å². The zero-order chi connectivity index (χ0) is 12.1. The zero-order valence-electron chi connectivity index (χ0n) is 9.66. The normalized spacial score (nSPS) is 20.6. The molecule has 1 aliphatic rings. The van der Waals surface area contributed by atoms with Crippen LogP contribution in [0.3, 0.4) is 0 Å². The van der Waals surface area contributed by atoms with E-state index in [-0.39, 0.29) is 23.1 Å². The largest absolute Gasteiger partial charge is 0.349 e. The summed E-state index contributed by atoms with van der Waals surface area (Å²) in [6.45, 7) is 1.91. The van der Waals surface area contributed by atoms with Gasteiger partial charge in [-0.3, -0.25) is 9.59 Å². The maximum atomic E-state index is 11.9. The topological polar surface area (TPSA) is 74.0 Å². The van der Waals surface area contributed by atoms with Gasteiger partial charge in [0.15, 0.2) is 0 Å². The number of H-pyrrole nitrogens is 1. The third-order valence-electron chi connectivity index (χ3n) is 2.97. The number of hydrogen-bond acceptors (Lipinski definition) is 3. The third kappa shape index (κ3) is 3.17. The quantitative estimate of drug-likeness (QED) is 0.687. The van der Waals surface area contributed by atoms with Crippen molar-refractivity contribution in [2.45, 2.75) is 25.3 Å². The monoisotopic (exact) mass is 235 g/mol. The fourth-order valence-corrected chi connectivity index (χ4v) is 2.03. The van der Waals surface area contributed by atoms with E-state index in [9.17, 15) is 9.59 Å². The molecule has 0 aromatic carbocycles. The smallest absolute Gasteiger partial charge is 0.260 e. The number of pyridine rings is 1. The number of aromatic amines is 1. The standard InChI is InChI=1S/C12H17N3O2/c16-11-10(4-2-7-14-11)12(17)15-9-3-1-6-13-8-5-9/h2,4,7,9,13H,1,3,5-6,8H2,(H,14,16)(H,15,17). The molecule has 17 heavy (non-hydrogen) atoms. The van der Waals surface area contributed by atoms with Crippen LogP contribution in [0.25, 0.3) is 0 Å². The number of carbonyl (C=O) groups is 1. The van der Waals surface area contributed by atoms with Crippen LogP contribution in [0, 0.1) is 0 Å². The highest BCUT2D eigenvalue weighted by atomic mass is 16.2. The number of hydrogen-bond donors (Lipinski definition) is 3. The van der Waals surface area contributed by atoms with Crippen molar-refractivity contribution in [2.75, 3.05) is 13.1 Å². The zero-order valence-corrected chi connectivity index (χ0v) is 9.66. The number of rotatable bonds is 2. The number of nitrogens with one attached hydrogen (secondary N) is 3. The molecule has 92 valence electrons. The van der Waals surface area contributed by atoms with Crippen molar-refractivity contribution in [1.29, 1.82) is 0 Å². The maximum Gasteiger partial charge on any atom is 0.260 e. The van der Waals surface area contributed by atoms with Crippen LogP contribution >= 0.6 is 0 Å². The molecule has 1 atom stereocenters. The van der Waals surface area contributed by atoms with Crippen LogP contribution in [0.1, 0.15) is 29.6 Å². The van der Waals surface area contributed by atoms with Crippen molar-refractivity contribution in [3.05, 3.63) is 34.2 Å². The Morgan fingerprint density at radius 2 is 2.24 bits per heavy atom. The van der Waals surface area contributed by atoms with Gasteiger partial charge in [-0.1, -0.05) is 0 Å². The second-order valence-corrected chi connectivity index (χ2v) is 4.26. The minimum atomic E-state index is -0.336. The Balaban J connectivity index is 2.01. The molecule has 3 N–H and O–H groups in total. The van der Waals surface area contributed by atoms with E-state index in [1.54, 1.807) is 12.1 Å². The first-order chi connectivity index (χ1) is 8.27. The minimum Gasteiger partial charge on any atom is -0.349 e. The van der Waals surface area contributed by atoms with Crippen LogP contribution in [0.15, 0.2) is 23.1 Å². The van der Waals surface area contributed by atoms with Crippen LogP contribution in [0.4, 0.5) is 0 Å². The molecule has 0 radical (unpaired) electrons. The molecule has 1 saturated heterocycles. The van der Waals surface area contributed by atoms with Crippen LogP contribution < -0.4 is 16.2 Å². The summed E-state index contributed by atoms with van der Waals surface area (Å²) in [5, 5.41) is 6.20. The molecule has 1 aromatic heterocycles. The molecule has 1 unspecified atom stereocenters. The highest BCUT2D eigenvalue weighted by molar-refractivity contribution is 5.93. The Labute approximate surface area is 99.6 Å². The molecule has 1 fully saturated rings. The molecular weight excluding hydrogens is 218 g/mol. The predicted octanol–water partition coefficient (Wildman–Crippen LogP) is 0.247. The van der Waals surface area contributed by atoms with Crippen molar-refractivity contribution in [3.8, 4) is 0 Å². The molecule has 2 rings (SSSR count). The molecule has 1 amide bonds. The third-order valence-corrected chi connectivity index (χ3v) is 2.97. The second kappa shape index (κ2) is 5.63. The Hall–Kier alpha value is -1.62. The average Bonchev–Trinajstić information content (AvgIpc) is 2.58. The van der Waals surface area contributed by atoms with E-state index in [0.717, 1.165) is 32.4 Å². The Morgan fingerprint density at radius 1 is 1.35 bits per heavy atom. The summed E-state index contributed by atoms with van der Waals surface area (Å²) >= 11 is 0. The number of aromatic nitrogens is 1. The molecular formula is C12H17N3O2. The molecule has 0 bridgehead atoms. The van der Waals surface area contributed by atoms with Crippen molar-refractivity contribution in [1.82, 2.24) is 15.6 Å². The fraction of sp³-hybridized carbons (Fsp3) is 0.500. The molecule has 0 aliphatic carbocycles. The van der Waals surface area contributed by atoms with Gasteiger partial charge < -0.3 is 15.6 Å². The van der Waals surface area contributed by atoms with Gasteiger partial charge in [-0.2, -0.15) is 0 Å². The van der Waals surface area contributed by atoms with Crippen molar-refractivity contribution in [3.63, 3.8) is 0 Å². The van der Waals surface area contributed by atoms with Crippen molar-refractivity contribution in [2.24, 2.45) is 0 Å². The summed E-state index contributed by atoms with van der Waals surface area (Å²) in [4.78, 5) is 25.8. The Bertz CT molecular complexity index is 433. The fourth-order valence-electron chi connectivity index (χ4n) is 2.03. The molecule has 0 saturated carbocycles. The van der Waals surface area contributed by atoms with Crippen molar-refractivity contribution >= 4 is 5.91 Å². The summed E-state index contributed by atoms with van der Waals surface area (Å²) in [6, 6.07) is 3.37. The molecule has 0 spiro atoms. The number of carbonyl (C=O) groups excluding carboxylic acids is 1. The lowest BCUT2D eigenvalue weighted by molar-refractivity contribution is 0.0932. The average molecular weight is 235 g/mol. The van der Waals surface area contributed by atoms with E-state index in [1.807, 2.05) is 0 Å². The SMILES string of the molecule is O=C(NC1CCCNCC1)c1ccc[nH]c1=O. The van der Waals surface area contributed by atoms with Gasteiger partial charge in [0.1, 0.15) is 5.56 Å². The Morgan fingerprint density at radius 3 is 3.06 bits per heavy atom. The van der Waals surface area contributed by atoms with Gasteiger partial charge in [-0.05, 0) is 44.5 Å². The van der Waals surface area contributed by atoms with Gasteiger partial charge in [-0.25, -0.2) is 0 Å². The first-order valence-electron chi connectivity index (χ1n) is 5.96. The second-order valence-electron chi connectivity index (χ2n) is 4.26. The van der Waals surface area contributed by atoms with Gasteiger partial charge in [0, 0.05) is 12.2 Å². The van der Waals surface area contributed by atoms with Crippen LogP contribution in [0.5, 0.6) is 0 Å². The van der Waals surface area contributed by atoms with E-state index >= 15 is 0 Å². The molecule has 1 aliphatic heterocycles. The van der Waals surface area contributed by atoms with Crippen LogP contribution in [-0.4, -0.2) is 30.0 Å². The lowest BCUT2D eigenvalue weighted by Gasteiger charge is -2.15. The lowest BCUT2D eigenvalue weighted by atomic mass is 10.1. The summed E-state index contributed by atoms with van der Waals surface area (Å²) in [7, 11) is 0. The molecule has 5 nitrogen and oxygen atoms in total. The number of amides is 1. The van der Waals surface area contributed by atoms with Gasteiger partial charge in [0.05, 0.1) is 0 Å². The minimum absolute atomic E-state index is 0.164. The summed E-state index contributed by atoms with van der Waals surface area (Å²) in [5.74, 6) is -0.279. The molecule has 5 heteroatoms. The predicted molar refractivity (Wildman–Crippen MR) is 65.0 cm³/mol. The van der Waals surface area contributed by atoms with Crippen LogP contribution in [0.2, 0.25) is 0 Å². The van der Waals surface area contributed by atoms with E-state index in [0.29, 0.717) is 0 Å². The van der Waals surface area contributed by atoms with Gasteiger partial charge in [0.25, 0.3) is 11.5 Å². The van der Waals surface area contributed by atoms with Gasteiger partial charge in [0.2, 0.25) is 0 Å². The van der Waals surface area contributed by atoms with E-state index in [4.69, 9.17) is 0 Å². The summed E-state index contributed by atoms with van der Waals surface area (Å²) < 4.78 is 0. The lowest BCUT2D eigenvalue weighted by Crippen LogP contribution is -2.37. The summed E-state index contributed by atoms with van der Waals surface area (Å²) in [5.41, 5.74) is -0.151. The van der Waals surface area contributed by atoms with Gasteiger partial charge >= 0.3 is 0 Å². The highest BCUT2D eigenvalue weighted by Crippen LogP contribution is 2.05. The highest BCUT2D eigenvalue weighted by Gasteiger charge is 2.16. The van der Waals surface area contributed by atoms with Crippen molar-refractivity contribution < 1.29 is 4.79 Å². The van der Waals surface area contributed by atoms with E-state index < -0.39 is 0 Å². The summed E-state index contributed by atoms with van der Waals surface area (Å²) in [6.07, 6.45) is 4.45. The van der Waals surface area contributed by atoms with Crippen LogP contribution in [-0.2, 0) is 0 Å².